The van der Waals surface area contributed by atoms with Crippen molar-refractivity contribution >= 4 is 16.9 Å². The average Bonchev–Trinajstić information content (AvgIpc) is 2.96. The number of carbonyl (C=O) groups is 1. The van der Waals surface area contributed by atoms with Gasteiger partial charge in [0, 0.05) is 26.1 Å². The van der Waals surface area contributed by atoms with Gasteiger partial charge < -0.3 is 14.8 Å². The summed E-state index contributed by atoms with van der Waals surface area (Å²) in [6, 6.07) is 0.484. The summed E-state index contributed by atoms with van der Waals surface area (Å²) >= 11 is 0. The van der Waals surface area contributed by atoms with Crippen LogP contribution in [-0.4, -0.2) is 40.3 Å². The first-order chi connectivity index (χ1) is 13.3. The Labute approximate surface area is 161 Å². The number of halogens is 3. The molecule has 1 aliphatic carbocycles. The molecule has 6 nitrogen and oxygen atoms in total. The Balaban J connectivity index is 1.58. The third-order valence-electron chi connectivity index (χ3n) is 4.88. The van der Waals surface area contributed by atoms with Crippen LogP contribution in [0.25, 0.3) is 11.0 Å². The smallest absolute Gasteiger partial charge is 0.297 e. The van der Waals surface area contributed by atoms with Crippen molar-refractivity contribution in [3.8, 4) is 6.01 Å². The van der Waals surface area contributed by atoms with Crippen LogP contribution in [-0.2, 0) is 16.6 Å². The van der Waals surface area contributed by atoms with Gasteiger partial charge in [-0.15, -0.1) is 0 Å². The van der Waals surface area contributed by atoms with E-state index in [4.69, 9.17) is 9.47 Å². The molecule has 0 bridgehead atoms. The normalized spacial score (nSPS) is 20.9. The Morgan fingerprint density at radius 1 is 1.25 bits per heavy atom. The number of nitrogens with one attached hydrogen (secondary N) is 1. The fourth-order valence-corrected chi connectivity index (χ4v) is 3.49. The fraction of sp³-hybridized carbons (Fsp3) is 0.579. The van der Waals surface area contributed by atoms with E-state index in [9.17, 15) is 18.0 Å². The van der Waals surface area contributed by atoms with E-state index in [0.717, 1.165) is 12.8 Å². The summed E-state index contributed by atoms with van der Waals surface area (Å²) in [4.78, 5) is 15.0. The van der Waals surface area contributed by atoms with E-state index >= 15 is 0 Å². The number of imidazole rings is 1. The lowest BCUT2D eigenvalue weighted by molar-refractivity contribution is -0.120. The lowest BCUT2D eigenvalue weighted by atomic mass is 9.95. The number of hydrogen-bond donors (Lipinski definition) is 1. The molecule has 3 rings (SSSR count). The van der Waals surface area contributed by atoms with Crippen LogP contribution in [0.4, 0.5) is 13.2 Å². The minimum absolute atomic E-state index is 0.0575. The van der Waals surface area contributed by atoms with Crippen LogP contribution in [0.2, 0.25) is 0 Å². The molecule has 0 unspecified atom stereocenters. The second-order valence-corrected chi connectivity index (χ2v) is 7.26. The number of rotatable bonds is 6. The number of carbonyl (C=O) groups excluding carboxylic acids is 1. The van der Waals surface area contributed by atoms with E-state index < -0.39 is 17.5 Å². The van der Waals surface area contributed by atoms with Gasteiger partial charge in [-0.3, -0.25) is 9.36 Å². The number of ether oxygens (including phenoxy) is 2. The lowest BCUT2D eigenvalue weighted by Crippen LogP contribution is -2.37. The molecule has 1 fully saturated rings. The molecule has 1 N–H and O–H groups in total. The second-order valence-electron chi connectivity index (χ2n) is 7.26. The average molecular weight is 399 g/mol. The molecule has 1 aliphatic rings. The molecule has 28 heavy (non-hydrogen) atoms. The zero-order valence-corrected chi connectivity index (χ0v) is 16.1. The van der Waals surface area contributed by atoms with Crippen molar-refractivity contribution in [1.82, 2.24) is 14.9 Å². The number of aryl methyl sites for hydroxylation is 1. The minimum Gasteiger partial charge on any atom is -0.461 e. The maximum Gasteiger partial charge on any atom is 0.297 e. The molecular formula is C19H24F3N3O3. The summed E-state index contributed by atoms with van der Waals surface area (Å²) in [5.74, 6) is -3.43. The van der Waals surface area contributed by atoms with Crippen LogP contribution < -0.4 is 10.1 Å². The van der Waals surface area contributed by atoms with Gasteiger partial charge in [-0.2, -0.15) is 4.98 Å². The van der Waals surface area contributed by atoms with Crippen molar-refractivity contribution in [2.45, 2.75) is 57.8 Å². The predicted molar refractivity (Wildman–Crippen MR) is 96.5 cm³/mol. The topological polar surface area (TPSA) is 65.4 Å². The van der Waals surface area contributed by atoms with E-state index in [1.165, 1.54) is 18.5 Å². The maximum atomic E-state index is 14.0. The summed E-state index contributed by atoms with van der Waals surface area (Å²) in [7, 11) is 1.46. The van der Waals surface area contributed by atoms with Crippen LogP contribution in [0, 0.1) is 17.5 Å². The Morgan fingerprint density at radius 3 is 2.54 bits per heavy atom. The van der Waals surface area contributed by atoms with Crippen molar-refractivity contribution in [1.29, 1.82) is 0 Å². The van der Waals surface area contributed by atoms with E-state index in [0.29, 0.717) is 25.5 Å². The standard InChI is InChI=1S/C19H24F3N3O3/c1-10(23-11(2)26)9-27-12-4-6-13(7-5-12)28-19-24-17-15(21)8-14(20)16(22)18(17)25(19)3/h8,10,12-13H,4-7,9H2,1-3H3,(H,23,26)/t10-,12?,13?/m0/s1. The van der Waals surface area contributed by atoms with E-state index in [-0.39, 0.29) is 41.2 Å². The monoisotopic (exact) mass is 399 g/mol. The molecule has 1 aromatic heterocycles. The molecule has 1 atom stereocenters. The first-order valence-corrected chi connectivity index (χ1v) is 9.31. The fourth-order valence-electron chi connectivity index (χ4n) is 3.49. The molecule has 1 amide bonds. The highest BCUT2D eigenvalue weighted by Crippen LogP contribution is 2.30. The van der Waals surface area contributed by atoms with Crippen molar-refractivity contribution in [2.24, 2.45) is 7.05 Å². The van der Waals surface area contributed by atoms with Gasteiger partial charge >= 0.3 is 0 Å². The van der Waals surface area contributed by atoms with Crippen molar-refractivity contribution in [3.05, 3.63) is 23.5 Å². The molecule has 2 aromatic rings. The summed E-state index contributed by atoms with van der Waals surface area (Å²) in [5, 5.41) is 2.77. The van der Waals surface area contributed by atoms with E-state index in [1.54, 1.807) is 0 Å². The maximum absolute atomic E-state index is 14.0. The molecule has 0 saturated heterocycles. The molecule has 1 saturated carbocycles. The van der Waals surface area contributed by atoms with Gasteiger partial charge in [0.1, 0.15) is 17.1 Å². The summed E-state index contributed by atoms with van der Waals surface area (Å²) in [6.45, 7) is 3.78. The summed E-state index contributed by atoms with van der Waals surface area (Å²) < 4.78 is 54.3. The molecule has 0 radical (unpaired) electrons. The number of aromatic nitrogens is 2. The van der Waals surface area contributed by atoms with Crippen molar-refractivity contribution < 1.29 is 27.4 Å². The number of hydrogen-bond acceptors (Lipinski definition) is 4. The quantitative estimate of drug-likeness (QED) is 0.758. The molecule has 0 aliphatic heterocycles. The van der Waals surface area contributed by atoms with Gasteiger partial charge in [-0.25, -0.2) is 13.2 Å². The van der Waals surface area contributed by atoms with Gasteiger partial charge in [0.05, 0.1) is 12.7 Å². The molecule has 9 heteroatoms. The highest BCUT2D eigenvalue weighted by atomic mass is 19.2. The van der Waals surface area contributed by atoms with E-state index in [1.807, 2.05) is 6.92 Å². The SMILES string of the molecule is CC(=O)N[C@@H](C)COC1CCC(Oc2nc3c(F)cc(F)c(F)c3n2C)CC1. The zero-order chi connectivity index (χ0) is 20.4. The molecule has 0 spiro atoms. The lowest BCUT2D eigenvalue weighted by Gasteiger charge is -2.29. The van der Waals surface area contributed by atoms with Crippen molar-refractivity contribution in [3.63, 3.8) is 0 Å². The summed E-state index contributed by atoms with van der Waals surface area (Å²) in [5.41, 5.74) is -0.503. The Kier molecular flexibility index (Phi) is 6.12. The van der Waals surface area contributed by atoms with Gasteiger partial charge in [0.2, 0.25) is 5.91 Å². The zero-order valence-electron chi connectivity index (χ0n) is 16.1. The van der Waals surface area contributed by atoms with Crippen LogP contribution in [0.5, 0.6) is 6.01 Å². The third kappa shape index (κ3) is 4.40. The van der Waals surface area contributed by atoms with Crippen LogP contribution in [0.3, 0.4) is 0 Å². The van der Waals surface area contributed by atoms with Crippen LogP contribution in [0.15, 0.2) is 6.07 Å². The number of nitrogens with zero attached hydrogens (tertiary/aromatic N) is 2. The largest absolute Gasteiger partial charge is 0.461 e. The van der Waals surface area contributed by atoms with Crippen LogP contribution in [0.1, 0.15) is 39.5 Å². The minimum atomic E-state index is -1.26. The molecule has 1 aromatic carbocycles. The highest BCUT2D eigenvalue weighted by Gasteiger charge is 2.26. The number of benzene rings is 1. The Hall–Kier alpha value is -2.29. The first-order valence-electron chi connectivity index (χ1n) is 9.31. The Bertz CT molecular complexity index is 863. The first kappa shape index (κ1) is 20.4. The van der Waals surface area contributed by atoms with Crippen LogP contribution >= 0.6 is 0 Å². The molecule has 1 heterocycles. The number of fused-ring (bicyclic) bond motifs is 1. The van der Waals surface area contributed by atoms with Crippen molar-refractivity contribution in [2.75, 3.05) is 6.61 Å². The number of amides is 1. The van der Waals surface area contributed by atoms with Gasteiger partial charge in [-0.05, 0) is 32.6 Å². The molecule has 154 valence electrons. The van der Waals surface area contributed by atoms with Gasteiger partial charge in [0.15, 0.2) is 17.5 Å². The highest BCUT2D eigenvalue weighted by molar-refractivity contribution is 5.78. The Morgan fingerprint density at radius 2 is 1.89 bits per heavy atom. The molecular weight excluding hydrogens is 375 g/mol. The van der Waals surface area contributed by atoms with E-state index in [2.05, 4.69) is 10.3 Å². The predicted octanol–water partition coefficient (Wildman–Crippen LogP) is 3.22. The summed E-state index contributed by atoms with van der Waals surface area (Å²) in [6.07, 6.45) is 2.82. The van der Waals surface area contributed by atoms with Gasteiger partial charge in [0.25, 0.3) is 6.01 Å². The second kappa shape index (κ2) is 8.38. The third-order valence-corrected chi connectivity index (χ3v) is 4.88. The van der Waals surface area contributed by atoms with Gasteiger partial charge in [-0.1, -0.05) is 0 Å².